The molecule has 0 unspecified atom stereocenters. The van der Waals surface area contributed by atoms with Crippen molar-refractivity contribution >= 4 is 17.7 Å². The molecule has 0 spiro atoms. The van der Waals surface area contributed by atoms with Crippen molar-refractivity contribution in [3.63, 3.8) is 0 Å². The summed E-state index contributed by atoms with van der Waals surface area (Å²) >= 11 is 0. The van der Waals surface area contributed by atoms with Gasteiger partial charge in [0, 0.05) is 38.4 Å². The molecule has 1 aromatic rings. The standard InChI is InChI=1S/C17H27N5O3/c1-12(2)19-14-3-6-18-16(20-14)22-8-7-21(9-13(24)10-22)15(25)17(11-23)4-5-17/h3,6,12-13,23-24H,4-5,7-11H2,1-2H3,(H,18,19,20)/t13-/m0/s1. The molecular formula is C17H27N5O3. The second-order valence-electron chi connectivity index (χ2n) is 7.33. The van der Waals surface area contributed by atoms with E-state index in [4.69, 9.17) is 0 Å². The number of anilines is 2. The summed E-state index contributed by atoms with van der Waals surface area (Å²) in [6.45, 7) is 5.65. The lowest BCUT2D eigenvalue weighted by atomic mass is 10.1. The fourth-order valence-corrected chi connectivity index (χ4v) is 3.16. The summed E-state index contributed by atoms with van der Waals surface area (Å²) in [6, 6.07) is 2.07. The van der Waals surface area contributed by atoms with Crippen LogP contribution in [0, 0.1) is 5.41 Å². The summed E-state index contributed by atoms with van der Waals surface area (Å²) in [5.41, 5.74) is -0.605. The summed E-state index contributed by atoms with van der Waals surface area (Å²) in [5.74, 6) is 1.23. The second kappa shape index (κ2) is 7.13. The lowest BCUT2D eigenvalue weighted by molar-refractivity contribution is -0.139. The first-order valence-electron chi connectivity index (χ1n) is 8.86. The smallest absolute Gasteiger partial charge is 0.231 e. The quantitative estimate of drug-likeness (QED) is 0.692. The van der Waals surface area contributed by atoms with Crippen molar-refractivity contribution in [1.82, 2.24) is 14.9 Å². The van der Waals surface area contributed by atoms with Gasteiger partial charge in [0.15, 0.2) is 0 Å². The SMILES string of the molecule is CC(C)Nc1ccnc(N2CCN(C(=O)C3(CO)CC3)C[C@H](O)C2)n1. The second-order valence-corrected chi connectivity index (χ2v) is 7.33. The lowest BCUT2D eigenvalue weighted by Crippen LogP contribution is -2.43. The number of hydrogen-bond acceptors (Lipinski definition) is 7. The molecule has 2 fully saturated rings. The Kier molecular flexibility index (Phi) is 5.10. The summed E-state index contributed by atoms with van der Waals surface area (Å²) < 4.78 is 0. The van der Waals surface area contributed by atoms with Crippen LogP contribution in [0.1, 0.15) is 26.7 Å². The van der Waals surface area contributed by atoms with Crippen LogP contribution in [-0.2, 0) is 4.79 Å². The monoisotopic (exact) mass is 349 g/mol. The van der Waals surface area contributed by atoms with E-state index in [1.807, 2.05) is 24.8 Å². The molecule has 3 rings (SSSR count). The first-order chi connectivity index (χ1) is 11.9. The average Bonchev–Trinajstić information content (AvgIpc) is 3.38. The number of nitrogens with one attached hydrogen (secondary N) is 1. The molecule has 0 radical (unpaired) electrons. The Hall–Kier alpha value is -1.93. The van der Waals surface area contributed by atoms with E-state index in [1.54, 1.807) is 11.1 Å². The van der Waals surface area contributed by atoms with Crippen LogP contribution in [-0.4, -0.2) is 75.9 Å². The highest BCUT2D eigenvalue weighted by molar-refractivity contribution is 5.85. The van der Waals surface area contributed by atoms with Crippen LogP contribution < -0.4 is 10.2 Å². The summed E-state index contributed by atoms with van der Waals surface area (Å²) in [6.07, 6.45) is 2.47. The van der Waals surface area contributed by atoms with E-state index in [9.17, 15) is 15.0 Å². The van der Waals surface area contributed by atoms with Crippen LogP contribution in [0.15, 0.2) is 12.3 Å². The molecule has 8 nitrogen and oxygen atoms in total. The highest BCUT2D eigenvalue weighted by Crippen LogP contribution is 2.46. The van der Waals surface area contributed by atoms with Gasteiger partial charge in [0.05, 0.1) is 18.1 Å². The predicted octanol–water partition coefficient (Wildman–Crippen LogP) is 0.0789. The topological polar surface area (TPSA) is 102 Å². The van der Waals surface area contributed by atoms with Gasteiger partial charge in [0.2, 0.25) is 11.9 Å². The van der Waals surface area contributed by atoms with Crippen LogP contribution in [0.25, 0.3) is 0 Å². The Morgan fingerprint density at radius 2 is 2.16 bits per heavy atom. The van der Waals surface area contributed by atoms with Gasteiger partial charge >= 0.3 is 0 Å². The summed E-state index contributed by atoms with van der Waals surface area (Å²) in [5, 5.41) is 23.1. The average molecular weight is 349 g/mol. The number of hydrogen-bond donors (Lipinski definition) is 3. The van der Waals surface area contributed by atoms with E-state index in [0.29, 0.717) is 25.6 Å². The molecule has 1 saturated heterocycles. The molecule has 1 atom stereocenters. The van der Waals surface area contributed by atoms with Gasteiger partial charge in [-0.3, -0.25) is 4.79 Å². The first-order valence-corrected chi connectivity index (χ1v) is 8.86. The van der Waals surface area contributed by atoms with Crippen molar-refractivity contribution in [1.29, 1.82) is 0 Å². The fraction of sp³-hybridized carbons (Fsp3) is 0.706. The number of aliphatic hydroxyl groups excluding tert-OH is 2. The Bertz CT molecular complexity index is 620. The van der Waals surface area contributed by atoms with Crippen LogP contribution in [0.3, 0.4) is 0 Å². The zero-order valence-electron chi connectivity index (χ0n) is 14.9. The molecule has 1 amide bonds. The Morgan fingerprint density at radius 1 is 1.40 bits per heavy atom. The van der Waals surface area contributed by atoms with Crippen molar-refractivity contribution in [2.75, 3.05) is 43.0 Å². The number of aromatic nitrogens is 2. The normalized spacial score (nSPS) is 22.7. The molecule has 1 saturated carbocycles. The Labute approximate surface area is 147 Å². The number of carbonyl (C=O) groups excluding carboxylic acids is 1. The lowest BCUT2D eigenvalue weighted by Gasteiger charge is -2.25. The minimum Gasteiger partial charge on any atom is -0.395 e. The zero-order valence-corrected chi connectivity index (χ0v) is 14.9. The molecule has 25 heavy (non-hydrogen) atoms. The maximum Gasteiger partial charge on any atom is 0.231 e. The molecule has 1 aliphatic heterocycles. The van der Waals surface area contributed by atoms with E-state index >= 15 is 0 Å². The number of rotatable bonds is 5. The minimum atomic E-state index is -0.675. The van der Waals surface area contributed by atoms with Crippen molar-refractivity contribution in [3.05, 3.63) is 12.3 Å². The van der Waals surface area contributed by atoms with E-state index in [1.165, 1.54) is 0 Å². The molecule has 1 aliphatic carbocycles. The highest BCUT2D eigenvalue weighted by Gasteiger charge is 2.51. The third-order valence-corrected chi connectivity index (χ3v) is 4.76. The van der Waals surface area contributed by atoms with Crippen LogP contribution in [0.2, 0.25) is 0 Å². The van der Waals surface area contributed by atoms with Gasteiger partial charge < -0.3 is 25.3 Å². The van der Waals surface area contributed by atoms with Gasteiger partial charge in [0.25, 0.3) is 0 Å². The van der Waals surface area contributed by atoms with Gasteiger partial charge in [0.1, 0.15) is 5.82 Å². The van der Waals surface area contributed by atoms with E-state index < -0.39 is 11.5 Å². The molecular weight excluding hydrogens is 322 g/mol. The number of nitrogens with zero attached hydrogens (tertiary/aromatic N) is 4. The van der Waals surface area contributed by atoms with Gasteiger partial charge in [-0.25, -0.2) is 4.98 Å². The van der Waals surface area contributed by atoms with Gasteiger partial charge in [-0.1, -0.05) is 0 Å². The molecule has 3 N–H and O–H groups in total. The third-order valence-electron chi connectivity index (χ3n) is 4.76. The summed E-state index contributed by atoms with van der Waals surface area (Å²) in [7, 11) is 0. The molecule has 1 aromatic heterocycles. The van der Waals surface area contributed by atoms with E-state index in [0.717, 1.165) is 18.7 Å². The number of β-amino-alcohol motifs (C(OH)–C–C–N with tert-alkyl or cyclic N) is 1. The van der Waals surface area contributed by atoms with Crippen LogP contribution >= 0.6 is 0 Å². The Morgan fingerprint density at radius 3 is 2.80 bits per heavy atom. The number of carbonyl (C=O) groups is 1. The molecule has 2 heterocycles. The zero-order chi connectivity index (χ0) is 18.0. The molecule has 138 valence electrons. The van der Waals surface area contributed by atoms with E-state index in [-0.39, 0.29) is 25.1 Å². The molecule has 0 aromatic carbocycles. The van der Waals surface area contributed by atoms with Crippen LogP contribution in [0.4, 0.5) is 11.8 Å². The molecule has 8 heteroatoms. The molecule has 2 aliphatic rings. The van der Waals surface area contributed by atoms with Gasteiger partial charge in [-0.05, 0) is 32.8 Å². The van der Waals surface area contributed by atoms with Gasteiger partial charge in [-0.2, -0.15) is 4.98 Å². The van der Waals surface area contributed by atoms with Crippen LogP contribution in [0.5, 0.6) is 0 Å². The first kappa shape index (κ1) is 17.9. The maximum atomic E-state index is 12.6. The fourth-order valence-electron chi connectivity index (χ4n) is 3.16. The largest absolute Gasteiger partial charge is 0.395 e. The summed E-state index contributed by atoms with van der Waals surface area (Å²) in [4.78, 5) is 25.0. The predicted molar refractivity (Wildman–Crippen MR) is 94.3 cm³/mol. The Balaban J connectivity index is 1.70. The van der Waals surface area contributed by atoms with Crippen molar-refractivity contribution < 1.29 is 15.0 Å². The number of amides is 1. The third kappa shape index (κ3) is 4.01. The van der Waals surface area contributed by atoms with E-state index in [2.05, 4.69) is 15.3 Å². The minimum absolute atomic E-state index is 0.0490. The van der Waals surface area contributed by atoms with Crippen molar-refractivity contribution in [2.45, 2.75) is 38.8 Å². The number of aliphatic hydroxyl groups is 2. The molecule has 0 bridgehead atoms. The van der Waals surface area contributed by atoms with Crippen molar-refractivity contribution in [3.8, 4) is 0 Å². The maximum absolute atomic E-state index is 12.6. The van der Waals surface area contributed by atoms with Crippen molar-refractivity contribution in [2.24, 2.45) is 5.41 Å². The highest BCUT2D eigenvalue weighted by atomic mass is 16.3. The van der Waals surface area contributed by atoms with Gasteiger partial charge in [-0.15, -0.1) is 0 Å².